The lowest BCUT2D eigenvalue weighted by Gasteiger charge is -2.23. The van der Waals surface area contributed by atoms with Gasteiger partial charge in [-0.1, -0.05) is 30.3 Å². The van der Waals surface area contributed by atoms with E-state index >= 15 is 0 Å². The van der Waals surface area contributed by atoms with Crippen molar-refractivity contribution in [1.82, 2.24) is 5.32 Å². The van der Waals surface area contributed by atoms with Crippen LogP contribution in [0.5, 0.6) is 11.5 Å². The molecule has 0 aliphatic carbocycles. The maximum Gasteiger partial charge on any atom is 0.349 e. The van der Waals surface area contributed by atoms with Crippen molar-refractivity contribution in [3.63, 3.8) is 0 Å². The molecule has 0 saturated heterocycles. The van der Waals surface area contributed by atoms with Crippen molar-refractivity contribution in [2.75, 3.05) is 14.2 Å². The van der Waals surface area contributed by atoms with E-state index in [9.17, 15) is 18.4 Å². The molecule has 1 atom stereocenters. The molecule has 2 rings (SSSR count). The lowest BCUT2D eigenvalue weighted by atomic mass is 10.0. The number of amides is 1. The molecule has 1 amide bonds. The molecule has 8 heteroatoms. The van der Waals surface area contributed by atoms with Crippen LogP contribution in [0.15, 0.2) is 48.5 Å². The molecule has 0 saturated carbocycles. The topological polar surface area (TPSA) is 84.9 Å². The standard InChI is InChI=1S/C19H19F2NO5/c1-26-13-8-9-14(16(10-13)27-2)15(11-17(23)24)22-18(25)19(20,21)12-6-4-3-5-7-12/h3-10,15H,11H2,1-2H3,(H,22,25)(H,23,24). The summed E-state index contributed by atoms with van der Waals surface area (Å²) in [5.74, 6) is -6.04. The summed E-state index contributed by atoms with van der Waals surface area (Å²) >= 11 is 0. The molecule has 0 radical (unpaired) electrons. The summed E-state index contributed by atoms with van der Waals surface area (Å²) in [6.07, 6.45) is -0.598. The van der Waals surface area contributed by atoms with Gasteiger partial charge in [0.05, 0.1) is 26.7 Å². The molecule has 144 valence electrons. The number of ether oxygens (including phenoxy) is 2. The Bertz CT molecular complexity index is 811. The number of carboxylic acids is 1. The first-order chi connectivity index (χ1) is 12.8. The van der Waals surface area contributed by atoms with E-state index in [1.54, 1.807) is 6.07 Å². The summed E-state index contributed by atoms with van der Waals surface area (Å²) in [7, 11) is 2.78. The van der Waals surface area contributed by atoms with Crippen LogP contribution in [-0.4, -0.2) is 31.2 Å². The van der Waals surface area contributed by atoms with Crippen molar-refractivity contribution in [1.29, 1.82) is 0 Å². The van der Waals surface area contributed by atoms with Crippen LogP contribution in [0.25, 0.3) is 0 Å². The molecule has 2 N–H and O–H groups in total. The first kappa shape index (κ1) is 20.2. The maximum atomic E-state index is 14.5. The predicted molar refractivity (Wildman–Crippen MR) is 93.0 cm³/mol. The second kappa shape index (κ2) is 8.48. The molecule has 0 aliphatic heterocycles. The molecular formula is C19H19F2NO5. The molecule has 1 unspecified atom stereocenters. The van der Waals surface area contributed by atoms with Gasteiger partial charge in [0.2, 0.25) is 0 Å². The Morgan fingerprint density at radius 2 is 1.78 bits per heavy atom. The molecule has 0 spiro atoms. The largest absolute Gasteiger partial charge is 0.497 e. The quantitative estimate of drug-likeness (QED) is 0.736. The van der Waals surface area contributed by atoms with Crippen molar-refractivity contribution >= 4 is 11.9 Å². The number of benzene rings is 2. The van der Waals surface area contributed by atoms with Crippen molar-refractivity contribution in [2.45, 2.75) is 18.4 Å². The molecule has 0 fully saturated rings. The summed E-state index contributed by atoms with van der Waals surface area (Å²) in [5, 5.41) is 11.3. The van der Waals surface area contributed by atoms with Crippen molar-refractivity contribution < 1.29 is 33.0 Å². The second-order valence-corrected chi connectivity index (χ2v) is 5.67. The second-order valence-electron chi connectivity index (χ2n) is 5.67. The Kier molecular flexibility index (Phi) is 6.33. The number of halogens is 2. The molecule has 0 bridgehead atoms. The summed E-state index contributed by atoms with van der Waals surface area (Å²) in [4.78, 5) is 23.4. The van der Waals surface area contributed by atoms with E-state index in [0.717, 1.165) is 12.1 Å². The molecule has 2 aromatic carbocycles. The van der Waals surface area contributed by atoms with E-state index in [2.05, 4.69) is 5.32 Å². The highest BCUT2D eigenvalue weighted by molar-refractivity contribution is 5.85. The van der Waals surface area contributed by atoms with E-state index in [0.29, 0.717) is 5.75 Å². The van der Waals surface area contributed by atoms with Gasteiger partial charge in [0, 0.05) is 17.2 Å². The zero-order valence-electron chi connectivity index (χ0n) is 14.7. The van der Waals surface area contributed by atoms with Gasteiger partial charge in [-0.2, -0.15) is 8.78 Å². The van der Waals surface area contributed by atoms with E-state index in [1.165, 1.54) is 44.6 Å². The Morgan fingerprint density at radius 1 is 1.11 bits per heavy atom. The van der Waals surface area contributed by atoms with E-state index in [4.69, 9.17) is 14.6 Å². The third kappa shape index (κ3) is 4.72. The Hall–Kier alpha value is -3.16. The SMILES string of the molecule is COc1ccc(C(CC(=O)O)NC(=O)C(F)(F)c2ccccc2)c(OC)c1. The number of carboxylic acid groups (broad SMARTS) is 1. The first-order valence-electron chi connectivity index (χ1n) is 7.97. The average molecular weight is 379 g/mol. The summed E-state index contributed by atoms with van der Waals surface area (Å²) < 4.78 is 39.2. The molecule has 27 heavy (non-hydrogen) atoms. The van der Waals surface area contributed by atoms with Crippen LogP contribution in [0.1, 0.15) is 23.6 Å². The number of hydrogen-bond donors (Lipinski definition) is 2. The fourth-order valence-electron chi connectivity index (χ4n) is 2.55. The maximum absolute atomic E-state index is 14.5. The smallest absolute Gasteiger partial charge is 0.349 e. The van der Waals surface area contributed by atoms with Crippen LogP contribution in [0.4, 0.5) is 8.78 Å². The zero-order valence-corrected chi connectivity index (χ0v) is 14.7. The third-order valence-corrected chi connectivity index (χ3v) is 3.92. The molecule has 6 nitrogen and oxygen atoms in total. The zero-order chi connectivity index (χ0) is 20.0. The van der Waals surface area contributed by atoms with Gasteiger partial charge in [-0.05, 0) is 12.1 Å². The third-order valence-electron chi connectivity index (χ3n) is 3.92. The Labute approximate surface area is 154 Å². The van der Waals surface area contributed by atoms with Crippen LogP contribution in [0, 0.1) is 0 Å². The van der Waals surface area contributed by atoms with Gasteiger partial charge < -0.3 is 19.9 Å². The highest BCUT2D eigenvalue weighted by Crippen LogP contribution is 2.33. The number of nitrogens with one attached hydrogen (secondary N) is 1. The fourth-order valence-corrected chi connectivity index (χ4v) is 2.55. The normalized spacial score (nSPS) is 12.1. The van der Waals surface area contributed by atoms with Gasteiger partial charge in [-0.3, -0.25) is 9.59 Å². The molecular weight excluding hydrogens is 360 g/mol. The summed E-state index contributed by atoms with van der Waals surface area (Å²) in [5.41, 5.74) is -0.240. The van der Waals surface area contributed by atoms with Gasteiger partial charge in [-0.25, -0.2) is 0 Å². The van der Waals surface area contributed by atoms with E-state index in [-0.39, 0.29) is 11.3 Å². The van der Waals surface area contributed by atoms with Crippen LogP contribution in [0.2, 0.25) is 0 Å². The van der Waals surface area contributed by atoms with Crippen molar-refractivity contribution in [2.24, 2.45) is 0 Å². The van der Waals surface area contributed by atoms with Crippen molar-refractivity contribution in [3.8, 4) is 11.5 Å². The predicted octanol–water partition coefficient (Wildman–Crippen LogP) is 3.13. The van der Waals surface area contributed by atoms with Crippen LogP contribution < -0.4 is 14.8 Å². The highest BCUT2D eigenvalue weighted by atomic mass is 19.3. The number of rotatable bonds is 8. The van der Waals surface area contributed by atoms with Crippen molar-refractivity contribution in [3.05, 3.63) is 59.7 Å². The minimum Gasteiger partial charge on any atom is -0.497 e. The highest BCUT2D eigenvalue weighted by Gasteiger charge is 2.42. The number of hydrogen-bond acceptors (Lipinski definition) is 4. The minimum absolute atomic E-state index is 0.212. The lowest BCUT2D eigenvalue weighted by Crippen LogP contribution is -2.41. The van der Waals surface area contributed by atoms with Crippen LogP contribution in [-0.2, 0) is 15.5 Å². The van der Waals surface area contributed by atoms with E-state index in [1.807, 2.05) is 0 Å². The van der Waals surface area contributed by atoms with Gasteiger partial charge in [-0.15, -0.1) is 0 Å². The summed E-state index contributed by atoms with van der Waals surface area (Å²) in [6.45, 7) is 0. The molecule has 0 aliphatic rings. The number of alkyl halides is 2. The first-order valence-corrected chi connectivity index (χ1v) is 7.97. The van der Waals surface area contributed by atoms with Crippen LogP contribution >= 0.6 is 0 Å². The average Bonchev–Trinajstić information content (AvgIpc) is 2.67. The Morgan fingerprint density at radius 3 is 2.33 bits per heavy atom. The minimum atomic E-state index is -3.82. The lowest BCUT2D eigenvalue weighted by molar-refractivity contribution is -0.148. The number of methoxy groups -OCH3 is 2. The monoisotopic (exact) mass is 379 g/mol. The van der Waals surface area contributed by atoms with Gasteiger partial charge in [0.25, 0.3) is 5.91 Å². The molecule has 2 aromatic rings. The molecule has 0 heterocycles. The number of aliphatic carboxylic acids is 1. The van der Waals surface area contributed by atoms with Gasteiger partial charge in [0.15, 0.2) is 0 Å². The fraction of sp³-hybridized carbons (Fsp3) is 0.263. The van der Waals surface area contributed by atoms with Gasteiger partial charge >= 0.3 is 11.9 Å². The Balaban J connectivity index is 2.35. The van der Waals surface area contributed by atoms with E-state index < -0.39 is 35.8 Å². The number of carbonyl (C=O) groups excluding carboxylic acids is 1. The molecule has 0 aromatic heterocycles. The number of carbonyl (C=O) groups is 2. The van der Waals surface area contributed by atoms with Crippen LogP contribution in [0.3, 0.4) is 0 Å². The van der Waals surface area contributed by atoms with Gasteiger partial charge in [0.1, 0.15) is 11.5 Å². The summed E-state index contributed by atoms with van der Waals surface area (Å²) in [6, 6.07) is 9.82.